The second-order valence-electron chi connectivity index (χ2n) is 4.99. The number of amides is 2. The van der Waals surface area contributed by atoms with E-state index < -0.39 is 0 Å². The van der Waals surface area contributed by atoms with Crippen LogP contribution in [0.25, 0.3) is 0 Å². The van der Waals surface area contributed by atoms with Crippen molar-refractivity contribution in [3.8, 4) is 0 Å². The van der Waals surface area contributed by atoms with Crippen molar-refractivity contribution < 1.29 is 9.90 Å². The predicted octanol–water partition coefficient (Wildman–Crippen LogP) is 3.04. The molecule has 0 spiro atoms. The molecule has 4 nitrogen and oxygen atoms in total. The van der Waals surface area contributed by atoms with E-state index in [2.05, 4.69) is 26.6 Å². The van der Waals surface area contributed by atoms with Gasteiger partial charge in [0.25, 0.3) is 0 Å². The van der Waals surface area contributed by atoms with Crippen molar-refractivity contribution in [3.05, 3.63) is 28.2 Å². The van der Waals surface area contributed by atoms with Crippen LogP contribution in [-0.4, -0.2) is 23.8 Å². The van der Waals surface area contributed by atoms with E-state index in [0.29, 0.717) is 0 Å². The van der Waals surface area contributed by atoms with Gasteiger partial charge in [-0.15, -0.1) is 0 Å². The zero-order valence-corrected chi connectivity index (χ0v) is 12.5. The van der Waals surface area contributed by atoms with E-state index in [4.69, 9.17) is 0 Å². The number of halogens is 1. The van der Waals surface area contributed by atoms with Crippen molar-refractivity contribution in [3.63, 3.8) is 0 Å². The molecule has 2 amide bonds. The van der Waals surface area contributed by atoms with Crippen LogP contribution in [0.2, 0.25) is 0 Å². The van der Waals surface area contributed by atoms with Gasteiger partial charge in [-0.05, 0) is 37.5 Å². The molecule has 0 aliphatic heterocycles. The first-order valence-electron chi connectivity index (χ1n) is 6.55. The minimum Gasteiger partial charge on any atom is -0.396 e. The Labute approximate surface area is 121 Å². The Morgan fingerprint density at radius 1 is 1.47 bits per heavy atom. The monoisotopic (exact) mass is 326 g/mol. The first-order valence-corrected chi connectivity index (χ1v) is 7.34. The third-order valence-electron chi connectivity index (χ3n) is 3.73. The fourth-order valence-corrected chi connectivity index (χ4v) is 2.88. The number of nitrogens with one attached hydrogen (secondary N) is 2. The Morgan fingerprint density at radius 3 is 3.00 bits per heavy atom. The van der Waals surface area contributed by atoms with Gasteiger partial charge in [-0.3, -0.25) is 0 Å². The lowest BCUT2D eigenvalue weighted by atomic mass is 10.1. The summed E-state index contributed by atoms with van der Waals surface area (Å²) in [6.07, 6.45) is 2.99. The van der Waals surface area contributed by atoms with E-state index in [9.17, 15) is 9.90 Å². The van der Waals surface area contributed by atoms with E-state index in [1.807, 2.05) is 25.1 Å². The van der Waals surface area contributed by atoms with Crippen LogP contribution in [0.1, 0.15) is 24.8 Å². The molecule has 1 aliphatic carbocycles. The normalized spacial score (nSPS) is 22.3. The predicted molar refractivity (Wildman–Crippen MR) is 79.2 cm³/mol. The fourth-order valence-electron chi connectivity index (χ4n) is 2.52. The molecule has 0 radical (unpaired) electrons. The van der Waals surface area contributed by atoms with Gasteiger partial charge in [-0.25, -0.2) is 4.79 Å². The van der Waals surface area contributed by atoms with Crippen molar-refractivity contribution >= 4 is 27.6 Å². The Hall–Kier alpha value is -1.07. The fraction of sp³-hybridized carbons (Fsp3) is 0.500. The molecule has 2 rings (SSSR count). The van der Waals surface area contributed by atoms with Gasteiger partial charge in [-0.2, -0.15) is 0 Å². The molecule has 1 fully saturated rings. The van der Waals surface area contributed by atoms with E-state index in [1.54, 1.807) is 0 Å². The van der Waals surface area contributed by atoms with E-state index in [0.717, 1.165) is 35.0 Å². The molecule has 19 heavy (non-hydrogen) atoms. The number of rotatable bonds is 3. The summed E-state index contributed by atoms with van der Waals surface area (Å²) in [5.41, 5.74) is 1.80. The van der Waals surface area contributed by atoms with Gasteiger partial charge in [0.05, 0.1) is 0 Å². The third-order valence-corrected chi connectivity index (χ3v) is 4.59. The van der Waals surface area contributed by atoms with Gasteiger partial charge in [-0.1, -0.05) is 28.4 Å². The highest BCUT2D eigenvalue weighted by atomic mass is 79.9. The number of carbonyl (C=O) groups is 1. The largest absolute Gasteiger partial charge is 0.396 e. The van der Waals surface area contributed by atoms with Gasteiger partial charge in [0.15, 0.2) is 0 Å². The Bertz CT molecular complexity index is 465. The minimum absolute atomic E-state index is 0.0810. The maximum atomic E-state index is 12.0. The lowest BCUT2D eigenvalue weighted by Crippen LogP contribution is -2.41. The number of benzene rings is 1. The van der Waals surface area contributed by atoms with E-state index in [1.165, 1.54) is 0 Å². The standard InChI is InChI=1S/C14H19BrN2O2/c1-9-11(15)5-3-6-12(9)16-14(19)17-13-7-2-4-10(13)8-18/h3,5-6,10,13,18H,2,4,7-8H2,1H3,(H2,16,17,19). The van der Waals surface area contributed by atoms with Crippen LogP contribution in [0.4, 0.5) is 10.5 Å². The van der Waals surface area contributed by atoms with Crippen LogP contribution in [0.5, 0.6) is 0 Å². The van der Waals surface area contributed by atoms with Gasteiger partial charge in [0, 0.05) is 28.7 Å². The molecular formula is C14H19BrN2O2. The molecule has 1 aromatic rings. The zero-order valence-electron chi connectivity index (χ0n) is 10.9. The average Bonchev–Trinajstić information content (AvgIpc) is 2.82. The van der Waals surface area contributed by atoms with Gasteiger partial charge in [0.2, 0.25) is 0 Å². The summed E-state index contributed by atoms with van der Waals surface area (Å²) in [6, 6.07) is 5.58. The molecule has 0 bridgehead atoms. The third kappa shape index (κ3) is 3.48. The smallest absolute Gasteiger partial charge is 0.319 e. The van der Waals surface area contributed by atoms with Crippen LogP contribution < -0.4 is 10.6 Å². The zero-order chi connectivity index (χ0) is 13.8. The SMILES string of the molecule is Cc1c(Br)cccc1NC(=O)NC1CCCC1CO. The summed E-state index contributed by atoms with van der Waals surface area (Å²) in [5, 5.41) is 15.1. The number of aliphatic hydroxyl groups is 1. The topological polar surface area (TPSA) is 61.4 Å². The van der Waals surface area contributed by atoms with Crippen molar-refractivity contribution in [1.29, 1.82) is 0 Å². The van der Waals surface area contributed by atoms with Gasteiger partial charge >= 0.3 is 6.03 Å². The Morgan fingerprint density at radius 2 is 2.26 bits per heavy atom. The molecule has 2 unspecified atom stereocenters. The summed E-state index contributed by atoms with van der Waals surface area (Å²) < 4.78 is 0.972. The quantitative estimate of drug-likeness (QED) is 0.799. The molecule has 0 heterocycles. The molecule has 3 N–H and O–H groups in total. The van der Waals surface area contributed by atoms with E-state index >= 15 is 0 Å². The van der Waals surface area contributed by atoms with Crippen LogP contribution in [0.3, 0.4) is 0 Å². The van der Waals surface area contributed by atoms with Gasteiger partial charge < -0.3 is 15.7 Å². The molecule has 5 heteroatoms. The Balaban J connectivity index is 1.96. The highest BCUT2D eigenvalue weighted by molar-refractivity contribution is 9.10. The summed E-state index contributed by atoms with van der Waals surface area (Å²) in [6.45, 7) is 2.09. The number of hydrogen-bond acceptors (Lipinski definition) is 2. The lowest BCUT2D eigenvalue weighted by molar-refractivity contribution is 0.203. The van der Waals surface area contributed by atoms with Crippen LogP contribution in [-0.2, 0) is 0 Å². The number of anilines is 1. The molecule has 2 atom stereocenters. The number of aliphatic hydroxyl groups excluding tert-OH is 1. The molecular weight excluding hydrogens is 308 g/mol. The molecule has 0 aromatic heterocycles. The molecule has 1 aromatic carbocycles. The van der Waals surface area contributed by atoms with Crippen LogP contribution >= 0.6 is 15.9 Å². The first-order chi connectivity index (χ1) is 9.11. The van der Waals surface area contributed by atoms with Crippen LogP contribution in [0.15, 0.2) is 22.7 Å². The number of hydrogen-bond donors (Lipinski definition) is 3. The highest BCUT2D eigenvalue weighted by Gasteiger charge is 2.27. The van der Waals surface area contributed by atoms with Crippen molar-refractivity contribution in [2.45, 2.75) is 32.2 Å². The first kappa shape index (κ1) is 14.3. The summed E-state index contributed by atoms with van der Waals surface area (Å²) in [5.74, 6) is 0.189. The molecule has 0 saturated heterocycles. The van der Waals surface area contributed by atoms with Crippen molar-refractivity contribution in [2.75, 3.05) is 11.9 Å². The Kier molecular flexibility index (Phi) is 4.82. The van der Waals surface area contributed by atoms with Crippen molar-refractivity contribution in [1.82, 2.24) is 5.32 Å². The van der Waals surface area contributed by atoms with E-state index in [-0.39, 0.29) is 24.6 Å². The minimum atomic E-state index is -0.202. The maximum absolute atomic E-state index is 12.0. The summed E-state index contributed by atoms with van der Waals surface area (Å²) in [7, 11) is 0. The molecule has 1 aliphatic rings. The second-order valence-corrected chi connectivity index (χ2v) is 5.85. The molecule has 104 valence electrons. The lowest BCUT2D eigenvalue weighted by Gasteiger charge is -2.19. The maximum Gasteiger partial charge on any atom is 0.319 e. The highest BCUT2D eigenvalue weighted by Crippen LogP contribution is 2.26. The van der Waals surface area contributed by atoms with Crippen LogP contribution in [0, 0.1) is 12.8 Å². The number of carbonyl (C=O) groups excluding carboxylic acids is 1. The molecule has 1 saturated carbocycles. The second kappa shape index (κ2) is 6.39. The average molecular weight is 327 g/mol. The summed E-state index contributed by atoms with van der Waals surface area (Å²) >= 11 is 3.44. The number of urea groups is 1. The summed E-state index contributed by atoms with van der Waals surface area (Å²) in [4.78, 5) is 12.0. The van der Waals surface area contributed by atoms with Gasteiger partial charge in [0.1, 0.15) is 0 Å². The van der Waals surface area contributed by atoms with Crippen molar-refractivity contribution in [2.24, 2.45) is 5.92 Å².